The van der Waals surface area contributed by atoms with Crippen molar-refractivity contribution in [3.8, 4) is 0 Å². The number of carbonyl (C=O) groups excluding carboxylic acids is 2. The summed E-state index contributed by atoms with van der Waals surface area (Å²) in [6.45, 7) is 3.36. The highest BCUT2D eigenvalue weighted by molar-refractivity contribution is 7.98. The first-order valence-corrected chi connectivity index (χ1v) is 10.4. The van der Waals surface area contributed by atoms with Gasteiger partial charge in [-0.1, -0.05) is 30.8 Å². The zero-order valence-electron chi connectivity index (χ0n) is 15.2. The molecule has 0 aliphatic rings. The molecule has 0 radical (unpaired) electrons. The van der Waals surface area contributed by atoms with Crippen LogP contribution in [0.4, 0.5) is 5.69 Å². The molecule has 0 bridgehead atoms. The van der Waals surface area contributed by atoms with Crippen LogP contribution in [0.2, 0.25) is 0 Å². The van der Waals surface area contributed by atoms with Crippen LogP contribution in [-0.2, 0) is 17.8 Å². The van der Waals surface area contributed by atoms with Crippen molar-refractivity contribution >= 4 is 50.7 Å². The second kappa shape index (κ2) is 8.06. The molecule has 3 aromatic rings. The number of nitrogens with one attached hydrogen (secondary N) is 1. The second-order valence-corrected chi connectivity index (χ2v) is 7.85. The third-order valence-corrected chi connectivity index (χ3v) is 5.90. The molecule has 0 unspecified atom stereocenters. The summed E-state index contributed by atoms with van der Waals surface area (Å²) >= 11 is 2.84. The molecule has 0 saturated carbocycles. The largest absolute Gasteiger partial charge is 0.325 e. The van der Waals surface area contributed by atoms with E-state index in [4.69, 9.17) is 0 Å². The van der Waals surface area contributed by atoms with Crippen LogP contribution < -0.4 is 10.9 Å². The number of amides is 1. The number of anilines is 1. The molecule has 1 amide bonds. The molecule has 3 rings (SSSR count). The van der Waals surface area contributed by atoms with Gasteiger partial charge in [0.1, 0.15) is 11.4 Å². The predicted octanol–water partition coefficient (Wildman–Crippen LogP) is 3.58. The molecule has 2 heterocycles. The summed E-state index contributed by atoms with van der Waals surface area (Å²) in [5.74, 6) is -0.425. The van der Waals surface area contributed by atoms with Crippen LogP contribution in [0.1, 0.15) is 29.1 Å². The number of hydrogen-bond donors (Lipinski definition) is 1. The molecule has 140 valence electrons. The van der Waals surface area contributed by atoms with Crippen molar-refractivity contribution in [1.29, 1.82) is 0 Å². The molecular weight excluding hydrogens is 382 g/mol. The molecule has 0 spiro atoms. The van der Waals surface area contributed by atoms with Crippen LogP contribution in [0.3, 0.4) is 0 Å². The lowest BCUT2D eigenvalue weighted by molar-refractivity contribution is -0.116. The molecule has 0 saturated heterocycles. The SMILES string of the molecule is CCc1cc2c(=O)n(CC(=O)Nc3cccc(C(C)=O)c3)c(SC)nc2s1. The van der Waals surface area contributed by atoms with Crippen molar-refractivity contribution in [3.63, 3.8) is 0 Å². The quantitative estimate of drug-likeness (QED) is 0.388. The van der Waals surface area contributed by atoms with Crippen molar-refractivity contribution in [2.24, 2.45) is 0 Å². The van der Waals surface area contributed by atoms with E-state index in [0.717, 1.165) is 11.3 Å². The van der Waals surface area contributed by atoms with Crippen LogP contribution in [0.15, 0.2) is 40.3 Å². The first-order valence-electron chi connectivity index (χ1n) is 8.41. The van der Waals surface area contributed by atoms with Crippen LogP contribution >= 0.6 is 23.1 Å². The number of hydrogen-bond acceptors (Lipinski definition) is 6. The Kier molecular flexibility index (Phi) is 5.76. The lowest BCUT2D eigenvalue weighted by Crippen LogP contribution is -2.29. The van der Waals surface area contributed by atoms with Crippen molar-refractivity contribution < 1.29 is 9.59 Å². The van der Waals surface area contributed by atoms with E-state index in [1.165, 1.54) is 34.6 Å². The highest BCUT2D eigenvalue weighted by atomic mass is 32.2. The van der Waals surface area contributed by atoms with Gasteiger partial charge in [-0.05, 0) is 37.8 Å². The van der Waals surface area contributed by atoms with Crippen molar-refractivity contribution in [3.05, 3.63) is 51.1 Å². The maximum atomic E-state index is 12.9. The van der Waals surface area contributed by atoms with Gasteiger partial charge in [0.2, 0.25) is 5.91 Å². The van der Waals surface area contributed by atoms with E-state index in [1.807, 2.05) is 19.2 Å². The molecule has 8 heteroatoms. The lowest BCUT2D eigenvalue weighted by Gasteiger charge is -2.11. The average Bonchev–Trinajstić information content (AvgIpc) is 3.07. The Morgan fingerprint density at radius 1 is 1.30 bits per heavy atom. The average molecular weight is 402 g/mol. The monoisotopic (exact) mass is 401 g/mol. The summed E-state index contributed by atoms with van der Waals surface area (Å²) in [4.78, 5) is 43.2. The van der Waals surface area contributed by atoms with Crippen LogP contribution in [0.5, 0.6) is 0 Å². The van der Waals surface area contributed by atoms with Gasteiger partial charge in [-0.25, -0.2) is 4.98 Å². The molecule has 0 atom stereocenters. The Labute approximate surface area is 164 Å². The molecule has 27 heavy (non-hydrogen) atoms. The summed E-state index contributed by atoms with van der Waals surface area (Å²) in [7, 11) is 0. The normalized spacial score (nSPS) is 10.9. The van der Waals surface area contributed by atoms with Crippen molar-refractivity contribution in [2.75, 3.05) is 11.6 Å². The van der Waals surface area contributed by atoms with Gasteiger partial charge in [0.15, 0.2) is 10.9 Å². The van der Waals surface area contributed by atoms with Gasteiger partial charge in [0.25, 0.3) is 5.56 Å². The second-order valence-electron chi connectivity index (χ2n) is 5.96. The van der Waals surface area contributed by atoms with Gasteiger partial charge < -0.3 is 5.32 Å². The number of aromatic nitrogens is 2. The summed E-state index contributed by atoms with van der Waals surface area (Å²) in [6, 6.07) is 8.57. The number of Topliss-reactive ketones (excluding diaryl/α,β-unsaturated/α-hetero) is 1. The summed E-state index contributed by atoms with van der Waals surface area (Å²) in [5, 5.41) is 3.79. The predicted molar refractivity (Wildman–Crippen MR) is 110 cm³/mol. The number of nitrogens with zero attached hydrogens (tertiary/aromatic N) is 2. The van der Waals surface area contributed by atoms with E-state index >= 15 is 0 Å². The summed E-state index contributed by atoms with van der Waals surface area (Å²) in [5.41, 5.74) is 0.820. The highest BCUT2D eigenvalue weighted by Crippen LogP contribution is 2.24. The van der Waals surface area contributed by atoms with Crippen LogP contribution in [0.25, 0.3) is 10.2 Å². The van der Waals surface area contributed by atoms with E-state index in [-0.39, 0.29) is 23.8 Å². The van der Waals surface area contributed by atoms with Gasteiger partial charge in [-0.3, -0.25) is 19.0 Å². The van der Waals surface area contributed by atoms with Gasteiger partial charge in [0.05, 0.1) is 5.39 Å². The minimum absolute atomic E-state index is 0.0779. The standard InChI is InChI=1S/C19H19N3O3S2/c1-4-14-9-15-17(27-14)21-19(26-3)22(18(15)25)10-16(24)20-13-7-5-6-12(8-13)11(2)23/h5-9H,4,10H2,1-3H3,(H,20,24). The van der Waals surface area contributed by atoms with E-state index in [1.54, 1.807) is 24.3 Å². The summed E-state index contributed by atoms with van der Waals surface area (Å²) in [6.07, 6.45) is 2.66. The van der Waals surface area contributed by atoms with Crippen LogP contribution in [0, 0.1) is 0 Å². The minimum Gasteiger partial charge on any atom is -0.325 e. The zero-order chi connectivity index (χ0) is 19.6. The fourth-order valence-electron chi connectivity index (χ4n) is 2.68. The number of ketones is 1. The van der Waals surface area contributed by atoms with E-state index in [9.17, 15) is 14.4 Å². The first-order chi connectivity index (χ1) is 12.9. The Bertz CT molecular complexity index is 1090. The molecule has 0 aliphatic carbocycles. The molecule has 0 fully saturated rings. The Morgan fingerprint density at radius 2 is 2.07 bits per heavy atom. The molecule has 1 N–H and O–H groups in total. The van der Waals surface area contributed by atoms with Gasteiger partial charge in [-0.15, -0.1) is 11.3 Å². The lowest BCUT2D eigenvalue weighted by atomic mass is 10.1. The topological polar surface area (TPSA) is 81.1 Å². The number of aryl methyl sites for hydroxylation is 1. The maximum absolute atomic E-state index is 12.9. The number of carbonyl (C=O) groups is 2. The number of thioether (sulfide) groups is 1. The number of fused-ring (bicyclic) bond motifs is 1. The fraction of sp³-hybridized carbons (Fsp3) is 0.263. The third kappa shape index (κ3) is 4.12. The number of rotatable bonds is 6. The minimum atomic E-state index is -0.347. The van der Waals surface area contributed by atoms with Gasteiger partial charge >= 0.3 is 0 Å². The zero-order valence-corrected chi connectivity index (χ0v) is 16.9. The molecular formula is C19H19N3O3S2. The fourth-order valence-corrected chi connectivity index (χ4v) is 4.24. The summed E-state index contributed by atoms with van der Waals surface area (Å²) < 4.78 is 1.39. The smallest absolute Gasteiger partial charge is 0.263 e. The number of thiophene rings is 1. The Balaban J connectivity index is 1.90. The first kappa shape index (κ1) is 19.3. The molecule has 6 nitrogen and oxygen atoms in total. The molecule has 2 aromatic heterocycles. The maximum Gasteiger partial charge on any atom is 0.263 e. The number of benzene rings is 1. The van der Waals surface area contributed by atoms with Crippen molar-refractivity contribution in [2.45, 2.75) is 32.0 Å². The van der Waals surface area contributed by atoms with Gasteiger partial charge in [-0.2, -0.15) is 0 Å². The molecule has 1 aromatic carbocycles. The van der Waals surface area contributed by atoms with Crippen LogP contribution in [-0.4, -0.2) is 27.5 Å². The van der Waals surface area contributed by atoms with E-state index in [0.29, 0.717) is 26.6 Å². The Morgan fingerprint density at radius 3 is 2.74 bits per heavy atom. The van der Waals surface area contributed by atoms with Gasteiger partial charge in [0, 0.05) is 16.1 Å². The van der Waals surface area contributed by atoms with E-state index < -0.39 is 0 Å². The van der Waals surface area contributed by atoms with E-state index in [2.05, 4.69) is 10.3 Å². The third-order valence-electron chi connectivity index (χ3n) is 4.05. The highest BCUT2D eigenvalue weighted by Gasteiger charge is 2.16. The molecule has 0 aliphatic heterocycles. The Hall–Kier alpha value is -2.45. The van der Waals surface area contributed by atoms with Crippen molar-refractivity contribution in [1.82, 2.24) is 9.55 Å².